The molecule has 3 aromatic rings. The highest BCUT2D eigenvalue weighted by atomic mass is 32.1. The first-order valence-electron chi connectivity index (χ1n) is 10.0. The van der Waals surface area contributed by atoms with Gasteiger partial charge in [0.2, 0.25) is 5.91 Å². The fraction of sp³-hybridized carbons (Fsp3) is 0.318. The molecule has 0 unspecified atom stereocenters. The van der Waals surface area contributed by atoms with E-state index in [2.05, 4.69) is 10.3 Å². The highest BCUT2D eigenvalue weighted by Crippen LogP contribution is 2.31. The minimum Gasteiger partial charge on any atom is -0.459 e. The smallest absolute Gasteiger partial charge is 0.416 e. The van der Waals surface area contributed by atoms with Crippen LogP contribution in [0.2, 0.25) is 0 Å². The lowest BCUT2D eigenvalue weighted by molar-refractivity contribution is -0.137. The zero-order valence-corrected chi connectivity index (χ0v) is 17.7. The second-order valence-corrected chi connectivity index (χ2v) is 8.68. The van der Waals surface area contributed by atoms with E-state index < -0.39 is 11.7 Å². The molecule has 168 valence electrons. The molecule has 0 spiro atoms. The minimum absolute atomic E-state index is 0.234. The second kappa shape index (κ2) is 9.15. The van der Waals surface area contributed by atoms with Crippen molar-refractivity contribution in [3.63, 3.8) is 0 Å². The van der Waals surface area contributed by atoms with Gasteiger partial charge in [0.1, 0.15) is 0 Å². The third-order valence-corrected chi connectivity index (χ3v) is 6.14. The van der Waals surface area contributed by atoms with E-state index in [1.165, 1.54) is 23.7 Å². The second-order valence-electron chi connectivity index (χ2n) is 7.56. The van der Waals surface area contributed by atoms with Gasteiger partial charge < -0.3 is 14.6 Å². The van der Waals surface area contributed by atoms with Crippen LogP contribution in [0.1, 0.15) is 39.4 Å². The van der Waals surface area contributed by atoms with Gasteiger partial charge in [0.15, 0.2) is 10.9 Å². The summed E-state index contributed by atoms with van der Waals surface area (Å²) in [7, 11) is 0. The molecule has 0 radical (unpaired) electrons. The van der Waals surface area contributed by atoms with Crippen molar-refractivity contribution in [2.24, 2.45) is 5.92 Å². The fourth-order valence-corrected chi connectivity index (χ4v) is 4.49. The van der Waals surface area contributed by atoms with Crippen LogP contribution in [-0.2, 0) is 17.4 Å². The monoisotopic (exact) mass is 463 g/mol. The fourth-order valence-electron chi connectivity index (χ4n) is 3.64. The Morgan fingerprint density at radius 1 is 1.25 bits per heavy atom. The van der Waals surface area contributed by atoms with Gasteiger partial charge in [-0.2, -0.15) is 13.2 Å². The quantitative estimate of drug-likeness (QED) is 0.588. The molecule has 1 fully saturated rings. The topological polar surface area (TPSA) is 75.4 Å². The van der Waals surface area contributed by atoms with Crippen molar-refractivity contribution in [3.05, 3.63) is 70.6 Å². The lowest BCUT2D eigenvalue weighted by Crippen LogP contribution is -2.43. The van der Waals surface area contributed by atoms with Crippen molar-refractivity contribution >= 4 is 28.3 Å². The Morgan fingerprint density at radius 3 is 2.84 bits per heavy atom. The Morgan fingerprint density at radius 2 is 2.09 bits per heavy atom. The van der Waals surface area contributed by atoms with Crippen molar-refractivity contribution in [1.82, 2.24) is 9.88 Å². The summed E-state index contributed by atoms with van der Waals surface area (Å²) in [5.74, 6) is -0.615. The normalized spacial score (nSPS) is 16.7. The van der Waals surface area contributed by atoms with Gasteiger partial charge in [0.05, 0.1) is 17.7 Å². The number of amides is 2. The molecule has 1 atom stereocenters. The highest BCUT2D eigenvalue weighted by Gasteiger charge is 2.31. The van der Waals surface area contributed by atoms with Gasteiger partial charge in [-0.05, 0) is 36.6 Å². The number of alkyl halides is 3. The molecule has 1 aliphatic heterocycles. The number of aromatic nitrogens is 1. The SMILES string of the molecule is O=C(Nc1ncc(Cc2cccc(C(F)(F)F)c2)s1)[C@@H]1CCCN(C(=O)c2ccco2)C1. The number of carbonyl (C=O) groups excluding carboxylic acids is 2. The molecule has 4 rings (SSSR count). The average molecular weight is 463 g/mol. The zero-order chi connectivity index (χ0) is 22.7. The van der Waals surface area contributed by atoms with Crippen LogP contribution in [0.15, 0.2) is 53.3 Å². The lowest BCUT2D eigenvalue weighted by atomic mass is 9.97. The first-order valence-corrected chi connectivity index (χ1v) is 10.9. The number of rotatable bonds is 5. The van der Waals surface area contributed by atoms with E-state index in [0.29, 0.717) is 30.1 Å². The van der Waals surface area contributed by atoms with E-state index in [-0.39, 0.29) is 36.5 Å². The number of carbonyl (C=O) groups is 2. The van der Waals surface area contributed by atoms with Crippen LogP contribution < -0.4 is 5.32 Å². The number of nitrogens with one attached hydrogen (secondary N) is 1. The Kier molecular flexibility index (Phi) is 6.31. The average Bonchev–Trinajstić information content (AvgIpc) is 3.45. The van der Waals surface area contributed by atoms with Crippen LogP contribution in [0.3, 0.4) is 0 Å². The van der Waals surface area contributed by atoms with E-state index in [1.54, 1.807) is 29.3 Å². The van der Waals surface area contributed by atoms with Gasteiger partial charge in [-0.3, -0.25) is 9.59 Å². The highest BCUT2D eigenvalue weighted by molar-refractivity contribution is 7.15. The summed E-state index contributed by atoms with van der Waals surface area (Å²) in [6.07, 6.45) is 0.218. The molecular weight excluding hydrogens is 443 g/mol. The van der Waals surface area contributed by atoms with E-state index in [0.717, 1.165) is 17.0 Å². The summed E-state index contributed by atoms with van der Waals surface area (Å²) >= 11 is 1.22. The van der Waals surface area contributed by atoms with Gasteiger partial charge >= 0.3 is 6.18 Å². The molecule has 1 N–H and O–H groups in total. The van der Waals surface area contributed by atoms with Crippen LogP contribution in [0.25, 0.3) is 0 Å². The molecular formula is C22H20F3N3O3S. The largest absolute Gasteiger partial charge is 0.459 e. The molecule has 1 aromatic carbocycles. The number of anilines is 1. The van der Waals surface area contributed by atoms with Gasteiger partial charge in [-0.1, -0.05) is 18.2 Å². The third kappa shape index (κ3) is 5.18. The number of thiazole rings is 1. The van der Waals surface area contributed by atoms with E-state index in [1.807, 2.05) is 0 Å². The van der Waals surface area contributed by atoms with Crippen molar-refractivity contribution in [1.29, 1.82) is 0 Å². The summed E-state index contributed by atoms with van der Waals surface area (Å²) in [4.78, 5) is 31.7. The number of furan rings is 1. The molecule has 2 amide bonds. The predicted octanol–water partition coefficient (Wildman–Crippen LogP) is 4.84. The maximum atomic E-state index is 12.9. The minimum atomic E-state index is -4.39. The number of halogens is 3. The maximum Gasteiger partial charge on any atom is 0.416 e. The van der Waals surface area contributed by atoms with E-state index >= 15 is 0 Å². The number of likely N-dealkylation sites (tertiary alicyclic amines) is 1. The molecule has 32 heavy (non-hydrogen) atoms. The molecule has 1 saturated heterocycles. The van der Waals surface area contributed by atoms with E-state index in [9.17, 15) is 22.8 Å². The van der Waals surface area contributed by atoms with Crippen LogP contribution in [0, 0.1) is 5.92 Å². The Labute approximate surface area is 186 Å². The van der Waals surface area contributed by atoms with Crippen LogP contribution in [-0.4, -0.2) is 34.8 Å². The standard InChI is InChI=1S/C22H20F3N3O3S/c23-22(24,25)16-6-1-4-14(10-16)11-17-12-26-21(32-17)27-19(29)15-5-2-8-28(13-15)20(30)18-7-3-9-31-18/h1,3-4,6-7,9-10,12,15H,2,5,8,11,13H2,(H,26,27,29)/t15-/m1/s1. The van der Waals surface area contributed by atoms with Crippen molar-refractivity contribution in [2.45, 2.75) is 25.4 Å². The molecule has 3 heterocycles. The van der Waals surface area contributed by atoms with Gasteiger partial charge in [-0.15, -0.1) is 11.3 Å². The van der Waals surface area contributed by atoms with Crippen molar-refractivity contribution < 1.29 is 27.2 Å². The number of nitrogens with zero attached hydrogens (tertiary/aromatic N) is 2. The Balaban J connectivity index is 1.36. The van der Waals surface area contributed by atoms with Gasteiger partial charge in [0.25, 0.3) is 5.91 Å². The van der Waals surface area contributed by atoms with Gasteiger partial charge in [0, 0.05) is 30.6 Å². The van der Waals surface area contributed by atoms with Crippen LogP contribution in [0.5, 0.6) is 0 Å². The summed E-state index contributed by atoms with van der Waals surface area (Å²) < 4.78 is 43.9. The zero-order valence-electron chi connectivity index (χ0n) is 16.9. The number of hydrogen-bond acceptors (Lipinski definition) is 5. The van der Waals surface area contributed by atoms with Crippen molar-refractivity contribution in [2.75, 3.05) is 18.4 Å². The third-order valence-electron chi connectivity index (χ3n) is 5.23. The number of piperidine rings is 1. The molecule has 0 saturated carbocycles. The first-order chi connectivity index (χ1) is 15.3. The summed E-state index contributed by atoms with van der Waals surface area (Å²) in [6, 6.07) is 8.38. The summed E-state index contributed by atoms with van der Waals surface area (Å²) in [6.45, 7) is 0.843. The van der Waals surface area contributed by atoms with Gasteiger partial charge in [-0.25, -0.2) is 4.98 Å². The molecule has 6 nitrogen and oxygen atoms in total. The molecule has 10 heteroatoms. The summed E-state index contributed by atoms with van der Waals surface area (Å²) in [5.41, 5.74) is -0.181. The molecule has 2 aromatic heterocycles. The molecule has 0 aliphatic carbocycles. The Hall–Kier alpha value is -3.14. The molecule has 1 aliphatic rings. The Bertz CT molecular complexity index is 1100. The number of hydrogen-bond donors (Lipinski definition) is 1. The van der Waals surface area contributed by atoms with E-state index in [4.69, 9.17) is 4.42 Å². The first kappa shape index (κ1) is 22.1. The molecule has 0 bridgehead atoms. The number of benzene rings is 1. The predicted molar refractivity (Wildman–Crippen MR) is 112 cm³/mol. The maximum absolute atomic E-state index is 12.9. The van der Waals surface area contributed by atoms with Crippen LogP contribution >= 0.6 is 11.3 Å². The van der Waals surface area contributed by atoms with Crippen LogP contribution in [0.4, 0.5) is 18.3 Å². The lowest BCUT2D eigenvalue weighted by Gasteiger charge is -2.31. The van der Waals surface area contributed by atoms with Crippen molar-refractivity contribution in [3.8, 4) is 0 Å². The summed E-state index contributed by atoms with van der Waals surface area (Å²) in [5, 5.41) is 3.16.